The molecule has 0 radical (unpaired) electrons. The van der Waals surface area contributed by atoms with E-state index in [1.807, 2.05) is 30.6 Å². The van der Waals surface area contributed by atoms with Gasteiger partial charge in [0.2, 0.25) is 5.95 Å². The largest absolute Gasteiger partial charge is 0.348 e. The number of hydrogen-bond donors (Lipinski definition) is 1. The average molecular weight is 304 g/mol. The van der Waals surface area contributed by atoms with Gasteiger partial charge in [-0.25, -0.2) is 4.98 Å². The number of anilines is 1. The van der Waals surface area contributed by atoms with E-state index in [1.165, 1.54) is 0 Å². The third kappa shape index (κ3) is 3.66. The minimum absolute atomic E-state index is 0.123. The third-order valence-electron chi connectivity index (χ3n) is 3.34. The van der Waals surface area contributed by atoms with Crippen LogP contribution in [0.1, 0.15) is 29.9 Å². The van der Waals surface area contributed by atoms with Crippen LogP contribution in [0.2, 0.25) is 0 Å². The first-order valence-electron chi connectivity index (χ1n) is 7.37. The van der Waals surface area contributed by atoms with E-state index in [9.17, 15) is 4.79 Å². The Bertz CT molecular complexity index is 640. The number of hydrogen-bond acceptors (Lipinski definition) is 4. The van der Waals surface area contributed by atoms with Gasteiger partial charge >= 0.3 is 0 Å². The molecule has 1 N–H and O–H groups in total. The number of carbonyl (C=O) groups excluding carboxylic acids is 1. The van der Waals surface area contributed by atoms with Crippen molar-refractivity contribution in [3.8, 4) is 0 Å². The Morgan fingerprint density at radius 1 is 1.36 bits per heavy atom. The van der Waals surface area contributed by atoms with Gasteiger partial charge in [-0.1, -0.05) is 13.8 Å². The second-order valence-electron chi connectivity index (χ2n) is 6.03. The summed E-state index contributed by atoms with van der Waals surface area (Å²) in [7, 11) is 5.81. The number of rotatable bonds is 6. The molecular weight excluding hydrogens is 280 g/mol. The summed E-state index contributed by atoms with van der Waals surface area (Å²) in [5.74, 6) is 1.23. The van der Waals surface area contributed by atoms with Crippen LogP contribution < -0.4 is 10.2 Å². The van der Waals surface area contributed by atoms with Crippen LogP contribution in [-0.4, -0.2) is 39.3 Å². The van der Waals surface area contributed by atoms with Crippen LogP contribution in [0.3, 0.4) is 0 Å². The summed E-state index contributed by atoms with van der Waals surface area (Å²) in [5.41, 5.74) is 1.53. The Kier molecular flexibility index (Phi) is 4.85. The molecule has 1 amide bonds. The molecule has 0 spiro atoms. The molecule has 2 rings (SSSR count). The van der Waals surface area contributed by atoms with Gasteiger partial charge in [0.1, 0.15) is 0 Å². The fourth-order valence-corrected chi connectivity index (χ4v) is 2.24. The maximum absolute atomic E-state index is 12.2. The molecule has 2 aromatic heterocycles. The minimum Gasteiger partial charge on any atom is -0.348 e. The number of nitrogens with one attached hydrogen (secondary N) is 1. The molecule has 0 saturated heterocycles. The number of carbonyl (C=O) groups is 1. The van der Waals surface area contributed by atoms with E-state index < -0.39 is 0 Å². The lowest BCUT2D eigenvalue weighted by Crippen LogP contribution is -2.24. The second kappa shape index (κ2) is 6.64. The molecule has 0 atom stereocenters. The maximum atomic E-state index is 12.2. The van der Waals surface area contributed by atoms with E-state index in [0.717, 1.165) is 18.2 Å². The normalized spacial score (nSPS) is 11.0. The summed E-state index contributed by atoms with van der Waals surface area (Å²) in [6.45, 7) is 5.48. The lowest BCUT2D eigenvalue weighted by Gasteiger charge is -2.12. The highest BCUT2D eigenvalue weighted by Gasteiger charge is 2.12. The molecule has 0 fully saturated rings. The van der Waals surface area contributed by atoms with Crippen LogP contribution in [0.5, 0.6) is 0 Å². The van der Waals surface area contributed by atoms with Gasteiger partial charge in [0.25, 0.3) is 5.91 Å². The van der Waals surface area contributed by atoms with Gasteiger partial charge in [0.05, 0.1) is 30.2 Å². The van der Waals surface area contributed by atoms with Gasteiger partial charge in [-0.2, -0.15) is 5.10 Å². The molecule has 0 unspecified atom stereocenters. The lowest BCUT2D eigenvalue weighted by atomic mass is 10.2. The smallest absolute Gasteiger partial charge is 0.254 e. The number of amides is 1. The van der Waals surface area contributed by atoms with E-state index in [1.54, 1.807) is 23.3 Å². The number of nitrogens with zero attached hydrogens (tertiary/aromatic N) is 5. The van der Waals surface area contributed by atoms with Gasteiger partial charge in [-0.3, -0.25) is 9.48 Å². The summed E-state index contributed by atoms with van der Waals surface area (Å²) in [4.78, 5) is 18.4. The quantitative estimate of drug-likeness (QED) is 0.872. The molecule has 0 aliphatic heterocycles. The molecule has 7 heteroatoms. The average Bonchev–Trinajstić information content (AvgIpc) is 3.02. The molecule has 2 heterocycles. The SMILES string of the molecule is CC(C)Cn1cc(C(=O)NCc2cnc(N(C)C)n2C)cn1. The Morgan fingerprint density at radius 3 is 2.68 bits per heavy atom. The first kappa shape index (κ1) is 16.1. The van der Waals surface area contributed by atoms with Crippen molar-refractivity contribution in [3.05, 3.63) is 29.8 Å². The van der Waals surface area contributed by atoms with Crippen LogP contribution >= 0.6 is 0 Å². The van der Waals surface area contributed by atoms with Crippen molar-refractivity contribution >= 4 is 11.9 Å². The van der Waals surface area contributed by atoms with Crippen molar-refractivity contribution in [2.75, 3.05) is 19.0 Å². The zero-order valence-corrected chi connectivity index (χ0v) is 13.9. The van der Waals surface area contributed by atoms with Gasteiger partial charge in [-0.05, 0) is 5.92 Å². The summed E-state index contributed by atoms with van der Waals surface area (Å²) in [6, 6.07) is 0. The van der Waals surface area contributed by atoms with Crippen LogP contribution in [0.25, 0.3) is 0 Å². The number of aromatic nitrogens is 4. The molecule has 0 aromatic carbocycles. The molecule has 2 aromatic rings. The van der Waals surface area contributed by atoms with Gasteiger partial charge in [-0.15, -0.1) is 0 Å². The van der Waals surface area contributed by atoms with Crippen molar-refractivity contribution in [2.45, 2.75) is 26.9 Å². The fraction of sp³-hybridized carbons (Fsp3) is 0.533. The molecular formula is C15H24N6O. The highest BCUT2D eigenvalue weighted by Crippen LogP contribution is 2.11. The van der Waals surface area contributed by atoms with Crippen LogP contribution in [-0.2, 0) is 20.1 Å². The predicted molar refractivity (Wildman–Crippen MR) is 85.8 cm³/mol. The molecule has 7 nitrogen and oxygen atoms in total. The Balaban J connectivity index is 1.96. The summed E-state index contributed by atoms with van der Waals surface area (Å²) in [5, 5.41) is 7.11. The highest BCUT2D eigenvalue weighted by molar-refractivity contribution is 5.93. The minimum atomic E-state index is -0.123. The van der Waals surface area contributed by atoms with E-state index in [0.29, 0.717) is 18.0 Å². The topological polar surface area (TPSA) is 68.0 Å². The molecule has 0 bridgehead atoms. The van der Waals surface area contributed by atoms with Gasteiger partial charge < -0.3 is 14.8 Å². The second-order valence-corrected chi connectivity index (χ2v) is 6.03. The van der Waals surface area contributed by atoms with Crippen molar-refractivity contribution in [1.82, 2.24) is 24.6 Å². The molecule has 120 valence electrons. The molecule has 0 aliphatic carbocycles. The molecule has 0 saturated carbocycles. The first-order valence-corrected chi connectivity index (χ1v) is 7.37. The summed E-state index contributed by atoms with van der Waals surface area (Å²) in [6.07, 6.45) is 5.16. The van der Waals surface area contributed by atoms with Crippen molar-refractivity contribution in [3.63, 3.8) is 0 Å². The van der Waals surface area contributed by atoms with Crippen molar-refractivity contribution in [1.29, 1.82) is 0 Å². The van der Waals surface area contributed by atoms with E-state index in [2.05, 4.69) is 29.2 Å². The van der Waals surface area contributed by atoms with Crippen LogP contribution in [0, 0.1) is 5.92 Å². The van der Waals surface area contributed by atoms with E-state index in [4.69, 9.17) is 0 Å². The zero-order chi connectivity index (χ0) is 16.3. The van der Waals surface area contributed by atoms with Crippen LogP contribution in [0.15, 0.2) is 18.6 Å². The summed E-state index contributed by atoms with van der Waals surface area (Å²) >= 11 is 0. The summed E-state index contributed by atoms with van der Waals surface area (Å²) < 4.78 is 3.76. The maximum Gasteiger partial charge on any atom is 0.254 e. The van der Waals surface area contributed by atoms with Crippen molar-refractivity contribution in [2.24, 2.45) is 13.0 Å². The van der Waals surface area contributed by atoms with Crippen LogP contribution in [0.4, 0.5) is 5.95 Å². The number of imidazole rings is 1. The van der Waals surface area contributed by atoms with E-state index in [-0.39, 0.29) is 5.91 Å². The fourth-order valence-electron chi connectivity index (χ4n) is 2.24. The molecule has 22 heavy (non-hydrogen) atoms. The molecule has 0 aliphatic rings. The lowest BCUT2D eigenvalue weighted by molar-refractivity contribution is 0.0950. The standard InChI is InChI=1S/C15H24N6O/c1-11(2)9-21-10-12(6-18-21)14(22)16-7-13-8-17-15(19(3)4)20(13)5/h6,8,10-11H,7,9H2,1-5H3,(H,16,22). The highest BCUT2D eigenvalue weighted by atomic mass is 16.1. The first-order chi connectivity index (χ1) is 10.4. The Labute approximate surface area is 130 Å². The van der Waals surface area contributed by atoms with Gasteiger partial charge in [0, 0.05) is 33.9 Å². The Morgan fingerprint density at radius 2 is 2.09 bits per heavy atom. The van der Waals surface area contributed by atoms with Crippen molar-refractivity contribution < 1.29 is 4.79 Å². The Hall–Kier alpha value is -2.31. The van der Waals surface area contributed by atoms with Gasteiger partial charge in [0.15, 0.2) is 0 Å². The third-order valence-corrected chi connectivity index (χ3v) is 3.34. The monoisotopic (exact) mass is 304 g/mol. The predicted octanol–water partition coefficient (Wildman–Crippen LogP) is 1.27. The van der Waals surface area contributed by atoms with E-state index >= 15 is 0 Å². The zero-order valence-electron chi connectivity index (χ0n) is 13.9.